The minimum atomic E-state index is -0.392. The zero-order valence-electron chi connectivity index (χ0n) is 13.3. The van der Waals surface area contributed by atoms with Crippen LogP contribution in [0.1, 0.15) is 59.8 Å². The van der Waals surface area contributed by atoms with Gasteiger partial charge in [0.25, 0.3) is 0 Å². The van der Waals surface area contributed by atoms with Gasteiger partial charge in [-0.15, -0.1) is 0 Å². The molecule has 0 saturated heterocycles. The molecule has 0 saturated carbocycles. The first kappa shape index (κ1) is 18.7. The molecule has 0 amide bonds. The van der Waals surface area contributed by atoms with E-state index >= 15 is 0 Å². The fourth-order valence-corrected chi connectivity index (χ4v) is 1.35. The summed E-state index contributed by atoms with van der Waals surface area (Å²) >= 11 is 0. The van der Waals surface area contributed by atoms with E-state index in [1.807, 2.05) is 20.8 Å². The number of esters is 2. The third kappa shape index (κ3) is 7.97. The number of rotatable bonds is 10. The van der Waals surface area contributed by atoms with Gasteiger partial charge >= 0.3 is 11.9 Å². The van der Waals surface area contributed by atoms with Crippen molar-refractivity contribution >= 4 is 11.9 Å². The summed E-state index contributed by atoms with van der Waals surface area (Å²) in [7, 11) is 0. The topological polar surface area (TPSA) is 52.6 Å². The van der Waals surface area contributed by atoms with Crippen molar-refractivity contribution in [3.63, 3.8) is 0 Å². The zero-order chi connectivity index (χ0) is 15.6. The first-order valence-electron chi connectivity index (χ1n) is 7.31. The van der Waals surface area contributed by atoms with Gasteiger partial charge in [0.05, 0.1) is 18.6 Å². The van der Waals surface area contributed by atoms with Crippen LogP contribution in [0.2, 0.25) is 0 Å². The Labute approximate surface area is 122 Å². The largest absolute Gasteiger partial charge is 0.465 e. The Hall–Kier alpha value is -1.32. The van der Waals surface area contributed by atoms with Crippen molar-refractivity contribution < 1.29 is 19.1 Å². The van der Waals surface area contributed by atoms with Gasteiger partial charge in [-0.25, -0.2) is 4.79 Å². The molecule has 0 spiro atoms. The predicted molar refractivity (Wildman–Crippen MR) is 79.3 cm³/mol. The van der Waals surface area contributed by atoms with Gasteiger partial charge in [0, 0.05) is 5.57 Å². The molecule has 0 fully saturated rings. The molecular weight excluding hydrogens is 256 g/mol. The van der Waals surface area contributed by atoms with Gasteiger partial charge in [0.2, 0.25) is 0 Å². The van der Waals surface area contributed by atoms with Crippen LogP contribution in [0.15, 0.2) is 12.2 Å². The van der Waals surface area contributed by atoms with Gasteiger partial charge in [-0.05, 0) is 52.9 Å². The van der Waals surface area contributed by atoms with E-state index in [1.54, 1.807) is 6.92 Å². The second kappa shape index (κ2) is 9.56. The monoisotopic (exact) mass is 284 g/mol. The van der Waals surface area contributed by atoms with Crippen molar-refractivity contribution in [2.75, 3.05) is 13.2 Å². The molecule has 0 aliphatic rings. The minimum absolute atomic E-state index is 0.129. The van der Waals surface area contributed by atoms with Gasteiger partial charge < -0.3 is 9.47 Å². The summed E-state index contributed by atoms with van der Waals surface area (Å²) in [5.74, 6) is -0.462. The Kier molecular flexibility index (Phi) is 8.93. The van der Waals surface area contributed by atoms with Crippen molar-refractivity contribution in [1.82, 2.24) is 0 Å². The summed E-state index contributed by atoms with van der Waals surface area (Å²) in [6.07, 6.45) is 4.37. The molecular formula is C16H28O4. The lowest BCUT2D eigenvalue weighted by Crippen LogP contribution is -2.26. The second-order valence-corrected chi connectivity index (χ2v) is 5.70. The van der Waals surface area contributed by atoms with Crippen molar-refractivity contribution in [1.29, 1.82) is 0 Å². The van der Waals surface area contributed by atoms with Crippen LogP contribution in [0, 0.1) is 5.41 Å². The number of hydrogen-bond donors (Lipinski definition) is 0. The SMILES string of the molecule is C=C(C)C(=O)OCCCCCCOC(=O)C(C)(C)CC. The number of carbonyl (C=O) groups excluding carboxylic acids is 2. The van der Waals surface area contributed by atoms with Crippen molar-refractivity contribution in [2.45, 2.75) is 59.8 Å². The fourth-order valence-electron chi connectivity index (χ4n) is 1.35. The van der Waals surface area contributed by atoms with Crippen LogP contribution >= 0.6 is 0 Å². The van der Waals surface area contributed by atoms with E-state index in [2.05, 4.69) is 6.58 Å². The highest BCUT2D eigenvalue weighted by molar-refractivity contribution is 5.86. The quantitative estimate of drug-likeness (QED) is 0.349. The standard InChI is InChI=1S/C16H28O4/c1-6-16(4,5)15(18)20-12-10-8-7-9-11-19-14(17)13(2)3/h2,6-12H2,1,3-5H3. The Morgan fingerprint density at radius 1 is 1.00 bits per heavy atom. The summed E-state index contributed by atoms with van der Waals surface area (Å²) in [5, 5.41) is 0. The molecule has 4 heteroatoms. The molecule has 0 aromatic rings. The molecule has 0 aromatic carbocycles. The minimum Gasteiger partial charge on any atom is -0.465 e. The summed E-state index contributed by atoms with van der Waals surface area (Å²) in [6, 6.07) is 0. The third-order valence-corrected chi connectivity index (χ3v) is 3.29. The highest BCUT2D eigenvalue weighted by atomic mass is 16.5. The number of hydrogen-bond acceptors (Lipinski definition) is 4. The Morgan fingerprint density at radius 3 is 1.95 bits per heavy atom. The van der Waals surface area contributed by atoms with Crippen molar-refractivity contribution in [2.24, 2.45) is 5.41 Å². The Balaban J connectivity index is 3.48. The molecule has 20 heavy (non-hydrogen) atoms. The van der Waals surface area contributed by atoms with Gasteiger partial charge in [0.1, 0.15) is 0 Å². The van der Waals surface area contributed by atoms with E-state index in [0.717, 1.165) is 32.1 Å². The van der Waals surface area contributed by atoms with Gasteiger partial charge in [0.15, 0.2) is 0 Å². The maximum Gasteiger partial charge on any atom is 0.333 e. The predicted octanol–water partition coefficient (Wildman–Crippen LogP) is 3.65. The van der Waals surface area contributed by atoms with Crippen LogP contribution in [0.25, 0.3) is 0 Å². The van der Waals surface area contributed by atoms with Gasteiger partial charge in [-0.2, -0.15) is 0 Å². The van der Waals surface area contributed by atoms with Crippen molar-refractivity contribution in [3.8, 4) is 0 Å². The molecule has 0 aliphatic heterocycles. The lowest BCUT2D eigenvalue weighted by molar-refractivity contribution is -0.154. The highest BCUT2D eigenvalue weighted by Gasteiger charge is 2.26. The van der Waals surface area contributed by atoms with E-state index in [9.17, 15) is 9.59 Å². The fraction of sp³-hybridized carbons (Fsp3) is 0.750. The van der Waals surface area contributed by atoms with Gasteiger partial charge in [-0.1, -0.05) is 13.5 Å². The van der Waals surface area contributed by atoms with E-state index < -0.39 is 5.41 Å². The smallest absolute Gasteiger partial charge is 0.333 e. The van der Waals surface area contributed by atoms with Gasteiger partial charge in [-0.3, -0.25) is 4.79 Å². The van der Waals surface area contributed by atoms with E-state index in [-0.39, 0.29) is 11.9 Å². The average molecular weight is 284 g/mol. The summed E-state index contributed by atoms with van der Waals surface area (Å²) in [6.45, 7) is 11.8. The lowest BCUT2D eigenvalue weighted by Gasteiger charge is -2.20. The first-order chi connectivity index (χ1) is 9.31. The summed E-state index contributed by atoms with van der Waals surface area (Å²) in [4.78, 5) is 22.8. The molecule has 0 heterocycles. The molecule has 0 radical (unpaired) electrons. The highest BCUT2D eigenvalue weighted by Crippen LogP contribution is 2.21. The molecule has 0 aromatic heterocycles. The Morgan fingerprint density at radius 2 is 1.50 bits per heavy atom. The number of ether oxygens (including phenoxy) is 2. The molecule has 0 bridgehead atoms. The third-order valence-electron chi connectivity index (χ3n) is 3.29. The maximum atomic E-state index is 11.7. The molecule has 116 valence electrons. The molecule has 0 N–H and O–H groups in total. The molecule has 0 aliphatic carbocycles. The number of carbonyl (C=O) groups is 2. The van der Waals surface area contributed by atoms with E-state index in [1.165, 1.54) is 0 Å². The maximum absolute atomic E-state index is 11.7. The summed E-state index contributed by atoms with van der Waals surface area (Å²) in [5.41, 5.74) is 0.0342. The first-order valence-corrected chi connectivity index (χ1v) is 7.31. The van der Waals surface area contributed by atoms with E-state index in [0.29, 0.717) is 18.8 Å². The lowest BCUT2D eigenvalue weighted by atomic mass is 9.91. The van der Waals surface area contributed by atoms with Crippen LogP contribution < -0.4 is 0 Å². The van der Waals surface area contributed by atoms with Crippen LogP contribution in [0.4, 0.5) is 0 Å². The number of unbranched alkanes of at least 4 members (excludes halogenated alkanes) is 3. The van der Waals surface area contributed by atoms with Crippen LogP contribution in [-0.4, -0.2) is 25.2 Å². The van der Waals surface area contributed by atoms with Crippen molar-refractivity contribution in [3.05, 3.63) is 12.2 Å². The average Bonchev–Trinajstić information content (AvgIpc) is 2.40. The molecule has 0 unspecified atom stereocenters. The normalized spacial score (nSPS) is 11.0. The molecule has 4 nitrogen and oxygen atoms in total. The Bertz CT molecular complexity index is 331. The second-order valence-electron chi connectivity index (χ2n) is 5.70. The van der Waals surface area contributed by atoms with E-state index in [4.69, 9.17) is 9.47 Å². The molecule has 0 atom stereocenters. The molecule has 0 rings (SSSR count). The summed E-state index contributed by atoms with van der Waals surface area (Å²) < 4.78 is 10.2. The van der Waals surface area contributed by atoms with Crippen LogP contribution in [-0.2, 0) is 19.1 Å². The zero-order valence-corrected chi connectivity index (χ0v) is 13.3. The van der Waals surface area contributed by atoms with Crippen LogP contribution in [0.3, 0.4) is 0 Å². The van der Waals surface area contributed by atoms with Crippen LogP contribution in [0.5, 0.6) is 0 Å².